The smallest absolute Gasteiger partial charge is 0.122 e. The Morgan fingerprint density at radius 1 is 1.05 bits per heavy atom. The van der Waals surface area contributed by atoms with Crippen molar-refractivity contribution in [1.82, 2.24) is 15.3 Å². The van der Waals surface area contributed by atoms with Crippen molar-refractivity contribution < 1.29 is 0 Å². The van der Waals surface area contributed by atoms with Crippen LogP contribution in [0.1, 0.15) is 63.7 Å². The largest absolute Gasteiger partial charge is 0.347 e. The Morgan fingerprint density at radius 3 is 2.20 bits per heavy atom. The minimum Gasteiger partial charge on any atom is -0.347 e. The van der Waals surface area contributed by atoms with Gasteiger partial charge in [0.2, 0.25) is 0 Å². The van der Waals surface area contributed by atoms with E-state index in [0.29, 0.717) is 6.04 Å². The van der Waals surface area contributed by atoms with Crippen LogP contribution < -0.4 is 5.32 Å². The van der Waals surface area contributed by atoms with E-state index in [9.17, 15) is 0 Å². The van der Waals surface area contributed by atoms with Gasteiger partial charge in [-0.15, -0.1) is 0 Å². The molecule has 108 valence electrons. The van der Waals surface area contributed by atoms with Crippen molar-refractivity contribution >= 4 is 0 Å². The summed E-state index contributed by atoms with van der Waals surface area (Å²) in [5.74, 6) is 0.975. The molecule has 2 N–H and O–H groups in total. The second-order valence-electron chi connectivity index (χ2n) is 6.46. The maximum atomic E-state index is 4.29. The van der Waals surface area contributed by atoms with E-state index in [2.05, 4.69) is 74.2 Å². The molecular formula is C17H25N3. The monoisotopic (exact) mass is 271 g/mol. The van der Waals surface area contributed by atoms with Crippen LogP contribution in [-0.4, -0.2) is 9.97 Å². The van der Waals surface area contributed by atoms with Gasteiger partial charge < -0.3 is 10.3 Å². The average molecular weight is 271 g/mol. The molecule has 2 unspecified atom stereocenters. The lowest BCUT2D eigenvalue weighted by Gasteiger charge is -2.22. The highest BCUT2D eigenvalue weighted by molar-refractivity contribution is 5.29. The van der Waals surface area contributed by atoms with Crippen LogP contribution in [0.25, 0.3) is 0 Å². The minimum atomic E-state index is 0.205. The van der Waals surface area contributed by atoms with Gasteiger partial charge >= 0.3 is 0 Å². The summed E-state index contributed by atoms with van der Waals surface area (Å²) in [4.78, 5) is 7.44. The molecular weight excluding hydrogens is 246 g/mol. The van der Waals surface area contributed by atoms with Crippen molar-refractivity contribution in [3.63, 3.8) is 0 Å². The summed E-state index contributed by atoms with van der Waals surface area (Å²) >= 11 is 0. The van der Waals surface area contributed by atoms with Gasteiger partial charge in [-0.1, -0.05) is 45.0 Å². The van der Waals surface area contributed by atoms with Crippen molar-refractivity contribution in [2.75, 3.05) is 0 Å². The fourth-order valence-electron chi connectivity index (χ4n) is 2.34. The van der Waals surface area contributed by atoms with Crippen LogP contribution in [0.3, 0.4) is 0 Å². The third kappa shape index (κ3) is 3.48. The van der Waals surface area contributed by atoms with Gasteiger partial charge in [-0.05, 0) is 30.4 Å². The molecule has 2 atom stereocenters. The number of hydrogen-bond donors (Lipinski definition) is 2. The summed E-state index contributed by atoms with van der Waals surface area (Å²) in [7, 11) is 0. The Bertz CT molecular complexity index is 520. The van der Waals surface area contributed by atoms with E-state index in [1.807, 2.05) is 6.20 Å². The van der Waals surface area contributed by atoms with Gasteiger partial charge in [0, 0.05) is 18.4 Å². The van der Waals surface area contributed by atoms with Crippen LogP contribution in [0.4, 0.5) is 0 Å². The van der Waals surface area contributed by atoms with Crippen molar-refractivity contribution in [3.8, 4) is 0 Å². The Labute approximate surface area is 121 Å². The third-order valence-corrected chi connectivity index (χ3v) is 3.71. The topological polar surface area (TPSA) is 40.7 Å². The first-order valence-corrected chi connectivity index (χ1v) is 7.23. The van der Waals surface area contributed by atoms with Gasteiger partial charge in [0.15, 0.2) is 0 Å². The lowest BCUT2D eigenvalue weighted by molar-refractivity contribution is 0.479. The van der Waals surface area contributed by atoms with Crippen molar-refractivity contribution in [2.45, 2.75) is 52.1 Å². The average Bonchev–Trinajstić information content (AvgIpc) is 2.91. The van der Waals surface area contributed by atoms with Gasteiger partial charge in [-0.2, -0.15) is 0 Å². The number of aromatic nitrogens is 2. The van der Waals surface area contributed by atoms with Gasteiger partial charge in [-0.25, -0.2) is 4.98 Å². The molecule has 0 aliphatic heterocycles. The highest BCUT2D eigenvalue weighted by Crippen LogP contribution is 2.24. The Morgan fingerprint density at radius 2 is 1.70 bits per heavy atom. The highest BCUT2D eigenvalue weighted by Gasteiger charge is 2.15. The fourth-order valence-corrected chi connectivity index (χ4v) is 2.34. The van der Waals surface area contributed by atoms with Crippen molar-refractivity contribution in [1.29, 1.82) is 0 Å². The lowest BCUT2D eigenvalue weighted by atomic mass is 9.86. The number of imidazole rings is 1. The molecule has 0 radical (unpaired) electrons. The third-order valence-electron chi connectivity index (χ3n) is 3.71. The molecule has 0 fully saturated rings. The fraction of sp³-hybridized carbons (Fsp3) is 0.471. The second kappa shape index (κ2) is 5.80. The summed E-state index contributed by atoms with van der Waals surface area (Å²) in [6.45, 7) is 11.0. The van der Waals surface area contributed by atoms with Gasteiger partial charge in [0.25, 0.3) is 0 Å². The van der Waals surface area contributed by atoms with Crippen LogP contribution in [0.2, 0.25) is 0 Å². The standard InChI is InChI=1S/C17H25N3/c1-12(20-13(2)16-18-10-11-19-16)14-6-8-15(9-7-14)17(3,4)5/h6-13,20H,1-5H3,(H,18,19). The van der Waals surface area contributed by atoms with E-state index in [1.54, 1.807) is 6.20 Å². The normalized spacial score (nSPS) is 15.1. The molecule has 3 nitrogen and oxygen atoms in total. The Hall–Kier alpha value is -1.61. The van der Waals surface area contributed by atoms with Crippen LogP contribution in [-0.2, 0) is 5.41 Å². The predicted molar refractivity (Wildman–Crippen MR) is 83.7 cm³/mol. The molecule has 0 spiro atoms. The van der Waals surface area contributed by atoms with Crippen molar-refractivity contribution in [2.24, 2.45) is 0 Å². The summed E-state index contributed by atoms with van der Waals surface area (Å²) in [6.07, 6.45) is 3.65. The van der Waals surface area contributed by atoms with E-state index in [0.717, 1.165) is 5.82 Å². The molecule has 0 amide bonds. The second-order valence-corrected chi connectivity index (χ2v) is 6.46. The zero-order valence-electron chi connectivity index (χ0n) is 13.1. The number of hydrogen-bond acceptors (Lipinski definition) is 2. The number of nitrogens with one attached hydrogen (secondary N) is 2. The first kappa shape index (κ1) is 14.8. The Balaban J connectivity index is 2.04. The minimum absolute atomic E-state index is 0.205. The lowest BCUT2D eigenvalue weighted by Crippen LogP contribution is -2.23. The molecule has 0 aliphatic rings. The summed E-state index contributed by atoms with van der Waals surface area (Å²) in [5, 5.41) is 3.56. The molecule has 1 aromatic carbocycles. The van der Waals surface area contributed by atoms with Crippen LogP contribution >= 0.6 is 0 Å². The van der Waals surface area contributed by atoms with Gasteiger partial charge in [0.05, 0.1) is 6.04 Å². The SMILES string of the molecule is CC(NC(C)c1ncc[nH]1)c1ccc(C(C)(C)C)cc1. The molecule has 0 aliphatic carbocycles. The first-order valence-electron chi connectivity index (χ1n) is 7.23. The quantitative estimate of drug-likeness (QED) is 0.878. The number of benzene rings is 1. The van der Waals surface area contributed by atoms with E-state index >= 15 is 0 Å². The molecule has 0 bridgehead atoms. The zero-order valence-corrected chi connectivity index (χ0v) is 13.1. The van der Waals surface area contributed by atoms with Crippen molar-refractivity contribution in [3.05, 3.63) is 53.6 Å². The molecule has 3 heteroatoms. The predicted octanol–water partition coefficient (Wildman–Crippen LogP) is 4.12. The molecule has 20 heavy (non-hydrogen) atoms. The molecule has 2 rings (SSSR count). The maximum absolute atomic E-state index is 4.29. The van der Waals surface area contributed by atoms with E-state index in [4.69, 9.17) is 0 Å². The van der Waals surface area contributed by atoms with Crippen LogP contribution in [0.5, 0.6) is 0 Å². The van der Waals surface area contributed by atoms with Gasteiger partial charge in [-0.3, -0.25) is 0 Å². The number of rotatable bonds is 4. The molecule has 0 saturated carbocycles. The number of aromatic amines is 1. The molecule has 0 saturated heterocycles. The van der Waals surface area contributed by atoms with E-state index < -0.39 is 0 Å². The zero-order chi connectivity index (χ0) is 14.8. The van der Waals surface area contributed by atoms with Gasteiger partial charge in [0.1, 0.15) is 5.82 Å². The Kier molecular flexibility index (Phi) is 4.29. The van der Waals surface area contributed by atoms with E-state index in [-0.39, 0.29) is 11.5 Å². The molecule has 1 heterocycles. The van der Waals surface area contributed by atoms with Crippen LogP contribution in [0.15, 0.2) is 36.7 Å². The summed E-state index contributed by atoms with van der Waals surface area (Å²) < 4.78 is 0. The first-order chi connectivity index (χ1) is 9.38. The highest BCUT2D eigenvalue weighted by atomic mass is 15.0. The number of nitrogens with zero attached hydrogens (tertiary/aromatic N) is 1. The van der Waals surface area contributed by atoms with E-state index in [1.165, 1.54) is 11.1 Å². The molecule has 1 aromatic heterocycles. The summed E-state index contributed by atoms with van der Waals surface area (Å²) in [5.41, 5.74) is 2.88. The maximum Gasteiger partial charge on any atom is 0.122 e. The molecule has 2 aromatic rings. The number of H-pyrrole nitrogens is 1. The van der Waals surface area contributed by atoms with Crippen LogP contribution in [0, 0.1) is 0 Å². The summed E-state index contributed by atoms with van der Waals surface area (Å²) in [6, 6.07) is 9.39.